The number of rotatable bonds is 8. The van der Waals surface area contributed by atoms with Crippen LogP contribution in [-0.2, 0) is 9.59 Å². The smallest absolute Gasteiger partial charge is 0.338 e. The zero-order valence-electron chi connectivity index (χ0n) is 11.4. The van der Waals surface area contributed by atoms with E-state index in [-0.39, 0.29) is 24.2 Å². The van der Waals surface area contributed by atoms with Crippen molar-refractivity contribution in [3.63, 3.8) is 0 Å². The molecule has 0 aliphatic heterocycles. The van der Waals surface area contributed by atoms with E-state index in [4.69, 9.17) is 11.5 Å². The number of carbonyl (C=O) groups excluding carboxylic acids is 2. The highest BCUT2D eigenvalue weighted by molar-refractivity contribution is 5.85. The van der Waals surface area contributed by atoms with Gasteiger partial charge in [-0.15, -0.1) is 0 Å². The average molecular weight is 274 g/mol. The number of guanidine groups is 1. The summed E-state index contributed by atoms with van der Waals surface area (Å²) >= 11 is 0. The molecule has 9 N–H and O–H groups in total. The molecule has 0 aromatic heterocycles. The molecule has 110 valence electrons. The van der Waals surface area contributed by atoms with Gasteiger partial charge in [0.1, 0.15) is 0 Å². The van der Waals surface area contributed by atoms with E-state index in [0.29, 0.717) is 13.0 Å². The van der Waals surface area contributed by atoms with Gasteiger partial charge in [-0.3, -0.25) is 21.3 Å². The van der Waals surface area contributed by atoms with E-state index in [9.17, 15) is 14.7 Å². The van der Waals surface area contributed by atoms with E-state index in [1.54, 1.807) is 0 Å². The Kier molecular flexibility index (Phi) is 7.50. The van der Waals surface area contributed by atoms with E-state index in [1.807, 2.05) is 13.8 Å². The van der Waals surface area contributed by atoms with Gasteiger partial charge >= 0.3 is 5.96 Å². The highest BCUT2D eigenvalue weighted by Crippen LogP contribution is 1.99. The quantitative estimate of drug-likeness (QED) is 0.169. The van der Waals surface area contributed by atoms with Gasteiger partial charge in [-0.2, -0.15) is 0 Å². The first-order chi connectivity index (χ1) is 8.75. The Morgan fingerprint density at radius 1 is 1.37 bits per heavy atom. The molecule has 8 nitrogen and oxygen atoms in total. The Balaban J connectivity index is 4.31. The fourth-order valence-corrected chi connectivity index (χ4v) is 1.37. The van der Waals surface area contributed by atoms with Crippen LogP contribution in [0.4, 0.5) is 0 Å². The molecule has 0 aliphatic carbocycles. The zero-order chi connectivity index (χ0) is 15.0. The molecule has 0 saturated heterocycles. The summed E-state index contributed by atoms with van der Waals surface area (Å²) in [7, 11) is 0. The molecule has 0 unspecified atom stereocenters. The minimum Gasteiger partial charge on any atom is -0.548 e. The molecule has 0 fully saturated rings. The maximum Gasteiger partial charge on any atom is 0.338 e. The van der Waals surface area contributed by atoms with Crippen LogP contribution in [-0.4, -0.2) is 36.5 Å². The van der Waals surface area contributed by atoms with Gasteiger partial charge in [0.15, 0.2) is 6.04 Å². The van der Waals surface area contributed by atoms with Crippen LogP contribution < -0.4 is 32.6 Å². The van der Waals surface area contributed by atoms with Crippen molar-refractivity contribution in [1.29, 1.82) is 0 Å². The first-order valence-electron chi connectivity index (χ1n) is 6.21. The van der Waals surface area contributed by atoms with E-state index in [1.165, 1.54) is 0 Å². The van der Waals surface area contributed by atoms with E-state index < -0.39 is 18.1 Å². The second-order valence-electron chi connectivity index (χ2n) is 4.76. The predicted octanol–water partition coefficient (Wildman–Crippen LogP) is -5.38. The largest absolute Gasteiger partial charge is 0.548 e. The topological polar surface area (TPSA) is 163 Å². The molecule has 0 aromatic carbocycles. The summed E-state index contributed by atoms with van der Waals surface area (Å²) in [5, 5.41) is 13.4. The molecule has 0 aliphatic rings. The van der Waals surface area contributed by atoms with Crippen LogP contribution in [0, 0.1) is 5.92 Å². The fourth-order valence-electron chi connectivity index (χ4n) is 1.37. The Labute approximate surface area is 112 Å². The number of carboxylic acids is 1. The molecule has 0 saturated carbocycles. The van der Waals surface area contributed by atoms with Gasteiger partial charge < -0.3 is 21.0 Å². The third-order valence-corrected chi connectivity index (χ3v) is 2.74. The molecule has 0 heterocycles. The van der Waals surface area contributed by atoms with Gasteiger partial charge in [0.25, 0.3) is 5.91 Å². The van der Waals surface area contributed by atoms with Crippen molar-refractivity contribution in [3.05, 3.63) is 0 Å². The summed E-state index contributed by atoms with van der Waals surface area (Å²) in [5.41, 5.74) is 14.1. The van der Waals surface area contributed by atoms with Crippen molar-refractivity contribution in [2.45, 2.75) is 38.8 Å². The number of hydrogen-bond acceptors (Lipinski definition) is 3. The monoisotopic (exact) mass is 274 g/mol. The molecule has 2 atom stereocenters. The van der Waals surface area contributed by atoms with E-state index in [2.05, 4.69) is 16.0 Å². The van der Waals surface area contributed by atoms with Crippen LogP contribution in [0.15, 0.2) is 0 Å². The summed E-state index contributed by atoms with van der Waals surface area (Å²) in [6, 6.07) is -1.52. The molecule has 8 heteroatoms. The van der Waals surface area contributed by atoms with Gasteiger partial charge in [-0.25, -0.2) is 0 Å². The number of hydrogen-bond donors (Lipinski definition) is 5. The number of nitrogens with one attached hydrogen (secondary N) is 2. The maximum atomic E-state index is 11.7. The van der Waals surface area contributed by atoms with Crippen molar-refractivity contribution in [1.82, 2.24) is 5.32 Å². The maximum absolute atomic E-state index is 11.7. The number of amides is 1. The van der Waals surface area contributed by atoms with Crippen molar-refractivity contribution in [2.24, 2.45) is 17.4 Å². The van der Waals surface area contributed by atoms with Gasteiger partial charge in [0.2, 0.25) is 0 Å². The lowest BCUT2D eigenvalue weighted by Gasteiger charge is -2.21. The number of quaternary nitrogens is 1. The first-order valence-corrected chi connectivity index (χ1v) is 6.21. The van der Waals surface area contributed by atoms with Crippen LogP contribution in [0.5, 0.6) is 0 Å². The van der Waals surface area contributed by atoms with Crippen LogP contribution in [0.25, 0.3) is 0 Å². The molecule has 19 heavy (non-hydrogen) atoms. The summed E-state index contributed by atoms with van der Waals surface area (Å²) in [5.74, 6) is -1.58. The SMILES string of the molecule is CC(C)[C@H]([NH3+])C(=O)N[C@@H](CCC[NH+]=C(N)N)C(=O)[O-]. The normalized spacial score (nSPS) is 13.7. The molecular weight excluding hydrogens is 250 g/mol. The number of carbonyl (C=O) groups is 2. The summed E-state index contributed by atoms with van der Waals surface area (Å²) in [4.78, 5) is 25.3. The summed E-state index contributed by atoms with van der Waals surface area (Å²) in [6.07, 6.45) is 0.722. The minimum atomic E-state index is -1.31. The molecule has 0 radical (unpaired) electrons. The lowest BCUT2D eigenvalue weighted by Crippen LogP contribution is -2.78. The van der Waals surface area contributed by atoms with Gasteiger partial charge in [0.05, 0.1) is 18.6 Å². The van der Waals surface area contributed by atoms with Gasteiger partial charge in [0, 0.05) is 5.92 Å². The van der Waals surface area contributed by atoms with Crippen molar-refractivity contribution >= 4 is 17.8 Å². The Morgan fingerprint density at radius 2 is 1.95 bits per heavy atom. The van der Waals surface area contributed by atoms with Crippen LogP contribution >= 0.6 is 0 Å². The lowest BCUT2D eigenvalue weighted by atomic mass is 10.0. The van der Waals surface area contributed by atoms with Crippen molar-refractivity contribution < 1.29 is 25.4 Å². The number of nitrogens with two attached hydrogens (primary N) is 2. The molecular formula is C11H24N5O3+. The Hall–Kier alpha value is -1.83. The second kappa shape index (κ2) is 8.30. The third kappa shape index (κ3) is 7.24. The van der Waals surface area contributed by atoms with Crippen LogP contribution in [0.2, 0.25) is 0 Å². The zero-order valence-corrected chi connectivity index (χ0v) is 11.4. The van der Waals surface area contributed by atoms with Crippen molar-refractivity contribution in [2.75, 3.05) is 6.54 Å². The van der Waals surface area contributed by atoms with E-state index >= 15 is 0 Å². The Bertz CT molecular complexity index is 339. The third-order valence-electron chi connectivity index (χ3n) is 2.74. The van der Waals surface area contributed by atoms with E-state index in [0.717, 1.165) is 0 Å². The molecule has 0 bridgehead atoms. The highest BCUT2D eigenvalue weighted by Gasteiger charge is 2.24. The van der Waals surface area contributed by atoms with Crippen LogP contribution in [0.1, 0.15) is 26.7 Å². The van der Waals surface area contributed by atoms with Gasteiger partial charge in [-0.05, 0) is 12.8 Å². The molecule has 0 rings (SSSR count). The number of aliphatic carboxylic acids is 1. The van der Waals surface area contributed by atoms with Crippen molar-refractivity contribution in [3.8, 4) is 0 Å². The van der Waals surface area contributed by atoms with Crippen LogP contribution in [0.3, 0.4) is 0 Å². The predicted molar refractivity (Wildman–Crippen MR) is 66.9 cm³/mol. The Morgan fingerprint density at radius 3 is 2.37 bits per heavy atom. The second-order valence-corrected chi connectivity index (χ2v) is 4.76. The minimum absolute atomic E-state index is 0.0377. The summed E-state index contributed by atoms with van der Waals surface area (Å²) in [6.45, 7) is 4.12. The average Bonchev–Trinajstić information content (AvgIpc) is 2.30. The summed E-state index contributed by atoms with van der Waals surface area (Å²) < 4.78 is 0. The fraction of sp³-hybridized carbons (Fsp3) is 0.727. The number of carboxylic acid groups (broad SMARTS) is 1. The standard InChI is InChI=1S/C11H23N5O3/c1-6(2)8(12)9(17)16-7(10(18)19)4-3-5-15-11(13)14/h6-8H,3-5,12H2,1-2H3,(H,16,17)(H,18,19)(H4,13,14,15)/p+1/t7-,8-/m0/s1. The molecule has 1 amide bonds. The molecule has 0 aromatic rings. The highest BCUT2D eigenvalue weighted by atomic mass is 16.4. The molecule has 0 spiro atoms. The lowest BCUT2D eigenvalue weighted by molar-refractivity contribution is -0.459. The van der Waals surface area contributed by atoms with Gasteiger partial charge in [-0.1, -0.05) is 13.8 Å². The first kappa shape index (κ1) is 17.2.